The van der Waals surface area contributed by atoms with E-state index in [1.807, 2.05) is 0 Å². The highest BCUT2D eigenvalue weighted by Crippen LogP contribution is 2.17. The van der Waals surface area contributed by atoms with E-state index in [1.54, 1.807) is 38.1 Å². The van der Waals surface area contributed by atoms with E-state index in [4.69, 9.17) is 0 Å². The van der Waals surface area contributed by atoms with Gasteiger partial charge in [0.1, 0.15) is 0 Å². The summed E-state index contributed by atoms with van der Waals surface area (Å²) in [7, 11) is -3.22. The van der Waals surface area contributed by atoms with E-state index >= 15 is 0 Å². The topological polar surface area (TPSA) is 63.2 Å². The third kappa shape index (κ3) is 3.55. The van der Waals surface area contributed by atoms with Crippen LogP contribution in [-0.2, 0) is 9.84 Å². The van der Waals surface area contributed by atoms with Gasteiger partial charge in [-0.05, 0) is 41.9 Å². The van der Waals surface area contributed by atoms with Crippen LogP contribution in [0.5, 0.6) is 0 Å². The molecule has 1 rings (SSSR count). The van der Waals surface area contributed by atoms with E-state index in [0.717, 1.165) is 6.26 Å². The second kappa shape index (κ2) is 5.40. The molecule has 0 heterocycles. The quantitative estimate of drug-likeness (QED) is 0.916. The van der Waals surface area contributed by atoms with Crippen LogP contribution in [0.25, 0.3) is 0 Å². The number of nitrogens with one attached hydrogen (secondary N) is 1. The molecule has 0 spiro atoms. The molecule has 0 saturated carbocycles. The van der Waals surface area contributed by atoms with Crippen LogP contribution < -0.4 is 5.32 Å². The normalized spacial score (nSPS) is 12.2. The first-order valence-electron chi connectivity index (χ1n) is 5.37. The lowest BCUT2D eigenvalue weighted by Crippen LogP contribution is -2.43. The van der Waals surface area contributed by atoms with Crippen molar-refractivity contribution in [3.63, 3.8) is 0 Å². The first-order valence-corrected chi connectivity index (χ1v) is 8.06. The standard InChI is InChI=1S/C12H16BrNO3S/c1-12(2,18(3,16)17)8-14-11(15)9-6-4-5-7-10(9)13/h4-7H,8H2,1-3H3,(H,14,15). The minimum Gasteiger partial charge on any atom is -0.350 e. The average molecular weight is 334 g/mol. The van der Waals surface area contributed by atoms with E-state index in [2.05, 4.69) is 21.2 Å². The molecule has 1 aromatic rings. The maximum atomic E-state index is 11.9. The zero-order valence-corrected chi connectivity index (χ0v) is 12.9. The first-order chi connectivity index (χ1) is 8.15. The number of sulfone groups is 1. The minimum absolute atomic E-state index is 0.0754. The number of carbonyl (C=O) groups is 1. The van der Waals surface area contributed by atoms with Gasteiger partial charge in [-0.2, -0.15) is 0 Å². The Kier molecular flexibility index (Phi) is 4.55. The van der Waals surface area contributed by atoms with Gasteiger partial charge in [0, 0.05) is 17.3 Å². The molecule has 0 aliphatic rings. The van der Waals surface area contributed by atoms with Gasteiger partial charge in [0.15, 0.2) is 9.84 Å². The molecular formula is C12H16BrNO3S. The Labute approximate surface area is 116 Å². The number of hydrogen-bond donors (Lipinski definition) is 1. The van der Waals surface area contributed by atoms with Crippen LogP contribution in [0.1, 0.15) is 24.2 Å². The Balaban J connectivity index is 2.77. The predicted octanol–water partition coefficient (Wildman–Crippen LogP) is 2.00. The average Bonchev–Trinajstić information content (AvgIpc) is 2.25. The number of hydrogen-bond acceptors (Lipinski definition) is 3. The maximum Gasteiger partial charge on any atom is 0.252 e. The summed E-state index contributed by atoms with van der Waals surface area (Å²) in [6.07, 6.45) is 1.16. The monoisotopic (exact) mass is 333 g/mol. The maximum absolute atomic E-state index is 11.9. The molecule has 0 saturated heterocycles. The summed E-state index contributed by atoms with van der Waals surface area (Å²) in [6, 6.07) is 6.99. The molecule has 1 amide bonds. The number of amides is 1. The molecule has 0 aliphatic carbocycles. The van der Waals surface area contributed by atoms with Gasteiger partial charge in [-0.15, -0.1) is 0 Å². The molecular weight excluding hydrogens is 318 g/mol. The molecule has 100 valence electrons. The van der Waals surface area contributed by atoms with Crippen LogP contribution in [0.15, 0.2) is 28.7 Å². The predicted molar refractivity (Wildman–Crippen MR) is 75.4 cm³/mol. The van der Waals surface area contributed by atoms with Crippen LogP contribution in [0.2, 0.25) is 0 Å². The molecule has 0 bridgehead atoms. The lowest BCUT2D eigenvalue weighted by Gasteiger charge is -2.22. The van der Waals surface area contributed by atoms with Crippen molar-refractivity contribution in [2.45, 2.75) is 18.6 Å². The SMILES string of the molecule is CC(C)(CNC(=O)c1ccccc1Br)S(C)(=O)=O. The number of halogens is 1. The van der Waals surface area contributed by atoms with Crippen molar-refractivity contribution in [3.05, 3.63) is 34.3 Å². The number of benzene rings is 1. The molecule has 0 atom stereocenters. The molecule has 0 fully saturated rings. The van der Waals surface area contributed by atoms with E-state index < -0.39 is 14.6 Å². The summed E-state index contributed by atoms with van der Waals surface area (Å²) < 4.78 is 22.7. The van der Waals surface area contributed by atoms with E-state index in [1.165, 1.54) is 0 Å². The van der Waals surface area contributed by atoms with Crippen LogP contribution in [0.4, 0.5) is 0 Å². The van der Waals surface area contributed by atoms with Crippen molar-refractivity contribution in [2.75, 3.05) is 12.8 Å². The van der Waals surface area contributed by atoms with Gasteiger partial charge < -0.3 is 5.32 Å². The highest BCUT2D eigenvalue weighted by atomic mass is 79.9. The largest absolute Gasteiger partial charge is 0.350 e. The van der Waals surface area contributed by atoms with Crippen LogP contribution in [-0.4, -0.2) is 31.9 Å². The van der Waals surface area contributed by atoms with Crippen molar-refractivity contribution in [2.24, 2.45) is 0 Å². The molecule has 18 heavy (non-hydrogen) atoms. The summed E-state index contributed by atoms with van der Waals surface area (Å²) in [5, 5.41) is 2.64. The fraction of sp³-hybridized carbons (Fsp3) is 0.417. The lowest BCUT2D eigenvalue weighted by molar-refractivity contribution is 0.0950. The molecule has 1 aromatic carbocycles. The summed E-state index contributed by atoms with van der Waals surface area (Å²) in [6.45, 7) is 3.25. The minimum atomic E-state index is -3.22. The highest BCUT2D eigenvalue weighted by molar-refractivity contribution is 9.10. The zero-order chi connectivity index (χ0) is 14.0. The van der Waals surface area contributed by atoms with Crippen molar-refractivity contribution < 1.29 is 13.2 Å². The fourth-order valence-electron chi connectivity index (χ4n) is 1.16. The van der Waals surface area contributed by atoms with Crippen LogP contribution in [0.3, 0.4) is 0 Å². The molecule has 0 aliphatic heterocycles. The smallest absolute Gasteiger partial charge is 0.252 e. The summed E-state index contributed by atoms with van der Waals surface area (Å²) in [5.41, 5.74) is 0.488. The van der Waals surface area contributed by atoms with Gasteiger partial charge in [0.25, 0.3) is 5.91 Å². The first kappa shape index (κ1) is 15.2. The third-order valence-corrected chi connectivity index (χ3v) is 5.64. The number of rotatable bonds is 4. The van der Waals surface area contributed by atoms with Crippen molar-refractivity contribution in [1.29, 1.82) is 0 Å². The Hall–Kier alpha value is -0.880. The third-order valence-electron chi connectivity index (χ3n) is 2.80. The number of carbonyl (C=O) groups excluding carboxylic acids is 1. The van der Waals surface area contributed by atoms with Gasteiger partial charge in [-0.1, -0.05) is 12.1 Å². The molecule has 0 aromatic heterocycles. The lowest BCUT2D eigenvalue weighted by atomic mass is 10.2. The summed E-state index contributed by atoms with van der Waals surface area (Å²) in [5.74, 6) is -0.292. The zero-order valence-electron chi connectivity index (χ0n) is 10.5. The van der Waals surface area contributed by atoms with Gasteiger partial charge >= 0.3 is 0 Å². The van der Waals surface area contributed by atoms with Gasteiger partial charge in [-0.25, -0.2) is 8.42 Å². The molecule has 0 radical (unpaired) electrons. The van der Waals surface area contributed by atoms with E-state index in [-0.39, 0.29) is 12.5 Å². The highest BCUT2D eigenvalue weighted by Gasteiger charge is 2.30. The molecule has 4 nitrogen and oxygen atoms in total. The van der Waals surface area contributed by atoms with Crippen LogP contribution in [0, 0.1) is 0 Å². The van der Waals surface area contributed by atoms with Gasteiger partial charge in [0.2, 0.25) is 0 Å². The van der Waals surface area contributed by atoms with Gasteiger partial charge in [0.05, 0.1) is 10.3 Å². The van der Waals surface area contributed by atoms with E-state index in [0.29, 0.717) is 10.0 Å². The summed E-state index contributed by atoms with van der Waals surface area (Å²) >= 11 is 3.28. The van der Waals surface area contributed by atoms with Crippen molar-refractivity contribution in [3.8, 4) is 0 Å². The fourth-order valence-corrected chi connectivity index (χ4v) is 1.96. The Morgan fingerprint density at radius 3 is 2.39 bits per heavy atom. The Morgan fingerprint density at radius 2 is 1.89 bits per heavy atom. The molecule has 0 unspecified atom stereocenters. The second-order valence-electron chi connectivity index (χ2n) is 4.69. The molecule has 1 N–H and O–H groups in total. The van der Waals surface area contributed by atoms with Gasteiger partial charge in [-0.3, -0.25) is 4.79 Å². The second-order valence-corrected chi connectivity index (χ2v) is 8.20. The van der Waals surface area contributed by atoms with Crippen LogP contribution >= 0.6 is 15.9 Å². The molecule has 6 heteroatoms. The van der Waals surface area contributed by atoms with E-state index in [9.17, 15) is 13.2 Å². The summed E-state index contributed by atoms with van der Waals surface area (Å²) in [4.78, 5) is 11.9. The van der Waals surface area contributed by atoms with Crippen molar-refractivity contribution >= 4 is 31.7 Å². The Morgan fingerprint density at radius 1 is 1.33 bits per heavy atom. The Bertz CT molecular complexity index is 552. The van der Waals surface area contributed by atoms with Crippen molar-refractivity contribution in [1.82, 2.24) is 5.32 Å².